The van der Waals surface area contributed by atoms with Crippen LogP contribution < -0.4 is 15.4 Å². The molecule has 0 aliphatic rings. The predicted octanol–water partition coefficient (Wildman–Crippen LogP) is 3.98. The highest BCUT2D eigenvalue weighted by Crippen LogP contribution is 2.28. The van der Waals surface area contributed by atoms with Gasteiger partial charge < -0.3 is 15.4 Å². The van der Waals surface area contributed by atoms with Crippen molar-refractivity contribution in [3.8, 4) is 5.88 Å². The van der Waals surface area contributed by atoms with Crippen molar-refractivity contribution in [1.29, 1.82) is 0 Å². The number of aromatic nitrogens is 2. The molecule has 0 saturated heterocycles. The maximum atomic E-state index is 12.1. The van der Waals surface area contributed by atoms with Crippen LogP contribution in [0.15, 0.2) is 34.9 Å². The predicted molar refractivity (Wildman–Crippen MR) is 94.1 cm³/mol. The van der Waals surface area contributed by atoms with Gasteiger partial charge in [0.25, 0.3) is 0 Å². The number of ether oxygens (including phenoxy) is 1. The highest BCUT2D eigenvalue weighted by atomic mass is 79.9. The number of carbonyl (C=O) groups excluding carboxylic acids is 1. The summed E-state index contributed by atoms with van der Waals surface area (Å²) in [4.78, 5) is 20.7. The molecule has 0 aliphatic heterocycles. The second-order valence-corrected chi connectivity index (χ2v) is 6.77. The fourth-order valence-corrected chi connectivity index (χ4v) is 2.02. The molecule has 122 valence electrons. The molecule has 23 heavy (non-hydrogen) atoms. The third kappa shape index (κ3) is 4.41. The molecule has 6 nitrogen and oxygen atoms in total. The lowest BCUT2D eigenvalue weighted by molar-refractivity contribution is -0.123. The smallest absolute Gasteiger partial charge is 0.239 e. The molecule has 2 rings (SSSR count). The summed E-state index contributed by atoms with van der Waals surface area (Å²) in [6.45, 7) is 5.53. The molecule has 1 amide bonds. The molecule has 2 N–H and O–H groups in total. The molecule has 0 fully saturated rings. The van der Waals surface area contributed by atoms with Crippen LogP contribution in [0.4, 0.5) is 17.3 Å². The zero-order valence-electron chi connectivity index (χ0n) is 13.5. The monoisotopic (exact) mass is 378 g/mol. The summed E-state index contributed by atoms with van der Waals surface area (Å²) < 4.78 is 6.09. The van der Waals surface area contributed by atoms with Gasteiger partial charge in [-0.25, -0.2) is 4.98 Å². The van der Waals surface area contributed by atoms with Crippen LogP contribution in [0.3, 0.4) is 0 Å². The summed E-state index contributed by atoms with van der Waals surface area (Å²) in [6.07, 6.45) is 1.68. The van der Waals surface area contributed by atoms with Gasteiger partial charge in [0.05, 0.1) is 11.6 Å². The molecule has 0 bridgehead atoms. The molecule has 7 heteroatoms. The Kier molecular flexibility index (Phi) is 5.20. The maximum Gasteiger partial charge on any atom is 0.239 e. The second-order valence-electron chi connectivity index (χ2n) is 5.92. The molecular weight excluding hydrogens is 360 g/mol. The fraction of sp³-hybridized carbons (Fsp3) is 0.312. The number of amides is 1. The van der Waals surface area contributed by atoms with E-state index in [4.69, 9.17) is 4.74 Å². The number of halogens is 1. The SMILES string of the molecule is COc1nc(Nc2ncccc2Br)ccc1NC(=O)C(C)(C)C. The number of carbonyl (C=O) groups is 1. The average Bonchev–Trinajstić information content (AvgIpc) is 2.50. The fourth-order valence-electron chi connectivity index (χ4n) is 1.67. The van der Waals surface area contributed by atoms with Crippen molar-refractivity contribution in [3.63, 3.8) is 0 Å². The van der Waals surface area contributed by atoms with E-state index in [0.717, 1.165) is 4.47 Å². The Morgan fingerprint density at radius 3 is 2.61 bits per heavy atom. The molecule has 2 aromatic rings. The van der Waals surface area contributed by atoms with E-state index in [1.165, 1.54) is 7.11 Å². The van der Waals surface area contributed by atoms with Crippen molar-refractivity contribution in [3.05, 3.63) is 34.9 Å². The molecule has 0 radical (unpaired) electrons. The standard InChI is InChI=1S/C16H19BrN4O2/c1-16(2,3)15(22)19-11-7-8-12(21-14(11)23-4)20-13-10(17)6-5-9-18-13/h5-9H,1-4H3,(H,19,22)(H,18,20,21). The molecule has 0 unspecified atom stereocenters. The molecule has 0 spiro atoms. The summed E-state index contributed by atoms with van der Waals surface area (Å²) in [7, 11) is 1.51. The van der Waals surface area contributed by atoms with E-state index in [-0.39, 0.29) is 5.91 Å². The molecule has 0 aromatic carbocycles. The number of rotatable bonds is 4. The van der Waals surface area contributed by atoms with Gasteiger partial charge in [-0.05, 0) is 40.2 Å². The normalized spacial score (nSPS) is 11.0. The topological polar surface area (TPSA) is 76.1 Å². The number of hydrogen-bond acceptors (Lipinski definition) is 5. The molecule has 0 saturated carbocycles. The van der Waals surface area contributed by atoms with Crippen LogP contribution in [-0.2, 0) is 4.79 Å². The Morgan fingerprint density at radius 2 is 2.00 bits per heavy atom. The summed E-state index contributed by atoms with van der Waals surface area (Å²) in [6, 6.07) is 7.20. The Balaban J connectivity index is 2.23. The largest absolute Gasteiger partial charge is 0.479 e. The zero-order chi connectivity index (χ0) is 17.0. The van der Waals surface area contributed by atoms with Crippen molar-refractivity contribution in [2.24, 2.45) is 5.41 Å². The lowest BCUT2D eigenvalue weighted by Gasteiger charge is -2.19. The molecule has 0 atom stereocenters. The summed E-state index contributed by atoms with van der Waals surface area (Å²) in [5, 5.41) is 5.92. The minimum absolute atomic E-state index is 0.106. The number of nitrogens with zero attached hydrogens (tertiary/aromatic N) is 2. The second kappa shape index (κ2) is 6.95. The van der Waals surface area contributed by atoms with Gasteiger partial charge in [0, 0.05) is 11.6 Å². The molecule has 2 aromatic heterocycles. The maximum absolute atomic E-state index is 12.1. The van der Waals surface area contributed by atoms with Crippen LogP contribution in [-0.4, -0.2) is 23.0 Å². The van der Waals surface area contributed by atoms with Crippen LogP contribution >= 0.6 is 15.9 Å². The van der Waals surface area contributed by atoms with Gasteiger partial charge >= 0.3 is 0 Å². The number of methoxy groups -OCH3 is 1. The first-order valence-electron chi connectivity index (χ1n) is 7.05. The Labute approximate surface area is 143 Å². The molecular formula is C16H19BrN4O2. The molecule has 0 aliphatic carbocycles. The lowest BCUT2D eigenvalue weighted by Crippen LogP contribution is -2.27. The van der Waals surface area contributed by atoms with Gasteiger partial charge in [-0.15, -0.1) is 0 Å². The first-order chi connectivity index (χ1) is 10.8. The van der Waals surface area contributed by atoms with E-state index in [9.17, 15) is 4.79 Å². The number of anilines is 3. The summed E-state index contributed by atoms with van der Waals surface area (Å²) in [5.41, 5.74) is 0.0267. The van der Waals surface area contributed by atoms with Crippen LogP contribution in [0.1, 0.15) is 20.8 Å². The molecule has 2 heterocycles. The Bertz CT molecular complexity index is 713. The van der Waals surface area contributed by atoms with E-state index in [1.807, 2.05) is 32.9 Å². The van der Waals surface area contributed by atoms with Crippen LogP contribution in [0, 0.1) is 5.41 Å². The van der Waals surface area contributed by atoms with Gasteiger partial charge in [0.2, 0.25) is 11.8 Å². The van der Waals surface area contributed by atoms with E-state index in [0.29, 0.717) is 23.2 Å². The van der Waals surface area contributed by atoms with E-state index < -0.39 is 5.41 Å². The van der Waals surface area contributed by atoms with Crippen LogP contribution in [0.2, 0.25) is 0 Å². The van der Waals surface area contributed by atoms with Crippen LogP contribution in [0.25, 0.3) is 0 Å². The highest BCUT2D eigenvalue weighted by molar-refractivity contribution is 9.10. The van der Waals surface area contributed by atoms with Gasteiger partial charge in [-0.1, -0.05) is 20.8 Å². The minimum Gasteiger partial charge on any atom is -0.479 e. The van der Waals surface area contributed by atoms with Crippen molar-refractivity contribution in [2.75, 3.05) is 17.7 Å². The van der Waals surface area contributed by atoms with E-state index >= 15 is 0 Å². The quantitative estimate of drug-likeness (QED) is 0.841. The Hall–Kier alpha value is -2.15. The Morgan fingerprint density at radius 1 is 1.26 bits per heavy atom. The summed E-state index contributed by atoms with van der Waals surface area (Å²) in [5.74, 6) is 1.44. The van der Waals surface area contributed by atoms with Crippen molar-refractivity contribution in [2.45, 2.75) is 20.8 Å². The highest BCUT2D eigenvalue weighted by Gasteiger charge is 2.22. The third-order valence-electron chi connectivity index (χ3n) is 2.99. The van der Waals surface area contributed by atoms with Crippen LogP contribution in [0.5, 0.6) is 5.88 Å². The van der Waals surface area contributed by atoms with E-state index in [1.54, 1.807) is 18.3 Å². The van der Waals surface area contributed by atoms with Gasteiger partial charge in [0.1, 0.15) is 17.3 Å². The van der Waals surface area contributed by atoms with E-state index in [2.05, 4.69) is 36.5 Å². The first-order valence-corrected chi connectivity index (χ1v) is 7.84. The van der Waals surface area contributed by atoms with Gasteiger partial charge in [0.15, 0.2) is 0 Å². The number of pyridine rings is 2. The number of hydrogen-bond donors (Lipinski definition) is 2. The lowest BCUT2D eigenvalue weighted by atomic mass is 9.95. The first kappa shape index (κ1) is 17.2. The minimum atomic E-state index is -0.499. The third-order valence-corrected chi connectivity index (χ3v) is 3.63. The zero-order valence-corrected chi connectivity index (χ0v) is 15.1. The summed E-state index contributed by atoms with van der Waals surface area (Å²) >= 11 is 3.42. The average molecular weight is 379 g/mol. The van der Waals surface area contributed by atoms with Crippen molar-refractivity contribution < 1.29 is 9.53 Å². The number of nitrogens with one attached hydrogen (secondary N) is 2. The van der Waals surface area contributed by atoms with Gasteiger partial charge in [-0.2, -0.15) is 4.98 Å². The van der Waals surface area contributed by atoms with Gasteiger partial charge in [-0.3, -0.25) is 4.79 Å². The van der Waals surface area contributed by atoms with Crippen molar-refractivity contribution in [1.82, 2.24) is 9.97 Å². The van der Waals surface area contributed by atoms with Crippen molar-refractivity contribution >= 4 is 39.2 Å².